The Morgan fingerprint density at radius 3 is 2.80 bits per heavy atom. The van der Waals surface area contributed by atoms with Gasteiger partial charge in [-0.1, -0.05) is 35.3 Å². The lowest BCUT2D eigenvalue weighted by atomic mass is 10.3. The first-order chi connectivity index (χ1) is 12.1. The maximum Gasteiger partial charge on any atom is 0.330 e. The highest BCUT2D eigenvalue weighted by atomic mass is 35.5. The van der Waals surface area contributed by atoms with E-state index in [1.807, 2.05) is 24.3 Å². The predicted molar refractivity (Wildman–Crippen MR) is 102 cm³/mol. The number of nitrogens with zero attached hydrogens (tertiary/aromatic N) is 1. The molecule has 0 fully saturated rings. The first kappa shape index (κ1) is 17.7. The van der Waals surface area contributed by atoms with Crippen molar-refractivity contribution in [3.63, 3.8) is 0 Å². The lowest BCUT2D eigenvalue weighted by Crippen LogP contribution is -2.10. The molecule has 0 saturated heterocycles. The summed E-state index contributed by atoms with van der Waals surface area (Å²) in [6, 6.07) is 12.7. The van der Waals surface area contributed by atoms with E-state index >= 15 is 0 Å². The summed E-state index contributed by atoms with van der Waals surface area (Å²) < 4.78 is 11.6. The van der Waals surface area contributed by atoms with Crippen molar-refractivity contribution in [3.05, 3.63) is 63.6 Å². The molecule has 0 N–H and O–H groups in total. The smallest absolute Gasteiger partial charge is 0.330 e. The van der Waals surface area contributed by atoms with E-state index in [0.29, 0.717) is 15.8 Å². The van der Waals surface area contributed by atoms with Crippen LogP contribution in [0.4, 0.5) is 0 Å². The van der Waals surface area contributed by atoms with Gasteiger partial charge in [-0.2, -0.15) is 0 Å². The molecule has 4 nitrogen and oxygen atoms in total. The van der Waals surface area contributed by atoms with E-state index in [0.717, 1.165) is 15.2 Å². The Morgan fingerprint density at radius 1 is 1.16 bits per heavy atom. The summed E-state index contributed by atoms with van der Waals surface area (Å²) in [5.41, 5.74) is 0.911. The molecule has 0 radical (unpaired) electrons. The molecular weight excluding hydrogens is 381 g/mol. The van der Waals surface area contributed by atoms with Crippen LogP contribution in [0.5, 0.6) is 5.75 Å². The molecule has 0 unspecified atom stereocenters. The van der Waals surface area contributed by atoms with Gasteiger partial charge in [0.1, 0.15) is 24.0 Å². The molecule has 0 saturated carbocycles. The van der Waals surface area contributed by atoms with E-state index in [1.54, 1.807) is 24.3 Å². The second-order valence-electron chi connectivity index (χ2n) is 4.94. The highest BCUT2D eigenvalue weighted by Gasteiger charge is 2.04. The Balaban J connectivity index is 1.46. The van der Waals surface area contributed by atoms with Crippen LogP contribution in [-0.2, 0) is 9.53 Å². The number of para-hydroxylation sites is 1. The van der Waals surface area contributed by atoms with Gasteiger partial charge in [-0.3, -0.25) is 0 Å². The summed E-state index contributed by atoms with van der Waals surface area (Å²) in [5, 5.41) is 1.70. The summed E-state index contributed by atoms with van der Waals surface area (Å²) in [5.74, 6) is 0.0391. The maximum absolute atomic E-state index is 11.7. The van der Waals surface area contributed by atoms with Gasteiger partial charge in [0, 0.05) is 11.1 Å². The number of benzene rings is 2. The molecule has 0 aliphatic carbocycles. The number of thiazole rings is 1. The van der Waals surface area contributed by atoms with Crippen molar-refractivity contribution < 1.29 is 14.3 Å². The number of carbonyl (C=O) groups is 1. The molecule has 128 valence electrons. The molecule has 0 atom stereocenters. The maximum atomic E-state index is 11.7. The van der Waals surface area contributed by atoms with Gasteiger partial charge in [-0.25, -0.2) is 9.78 Å². The lowest BCUT2D eigenvalue weighted by Gasteiger charge is -2.08. The van der Waals surface area contributed by atoms with Crippen LogP contribution in [0.2, 0.25) is 10.0 Å². The summed E-state index contributed by atoms with van der Waals surface area (Å²) >= 11 is 13.3. The predicted octanol–water partition coefficient (Wildman–Crippen LogP) is 5.24. The molecule has 3 rings (SSSR count). The molecule has 1 heterocycles. The van der Waals surface area contributed by atoms with Crippen LogP contribution in [-0.4, -0.2) is 24.2 Å². The average Bonchev–Trinajstić information content (AvgIpc) is 3.01. The molecule has 0 aliphatic rings. The van der Waals surface area contributed by atoms with Gasteiger partial charge < -0.3 is 9.47 Å². The summed E-state index contributed by atoms with van der Waals surface area (Å²) in [4.78, 5) is 16.1. The number of fused-ring (bicyclic) bond motifs is 1. The number of esters is 1. The van der Waals surface area contributed by atoms with E-state index in [9.17, 15) is 4.79 Å². The average molecular weight is 394 g/mol. The first-order valence-electron chi connectivity index (χ1n) is 7.40. The zero-order valence-corrected chi connectivity index (χ0v) is 15.3. The van der Waals surface area contributed by atoms with Crippen molar-refractivity contribution in [1.29, 1.82) is 0 Å². The largest absolute Gasteiger partial charge is 0.488 e. The Kier molecular flexibility index (Phi) is 5.91. The molecule has 0 amide bonds. The third-order valence-electron chi connectivity index (χ3n) is 3.15. The highest BCUT2D eigenvalue weighted by molar-refractivity contribution is 7.19. The number of ether oxygens (including phenoxy) is 2. The van der Waals surface area contributed by atoms with Gasteiger partial charge in [0.05, 0.1) is 15.2 Å². The molecule has 1 aromatic heterocycles. The molecule has 2 aromatic carbocycles. The van der Waals surface area contributed by atoms with E-state index in [2.05, 4.69) is 4.98 Å². The Morgan fingerprint density at radius 2 is 2.00 bits per heavy atom. The molecule has 7 heteroatoms. The Labute approximate surface area is 158 Å². The van der Waals surface area contributed by atoms with Gasteiger partial charge in [-0.15, -0.1) is 11.3 Å². The standard InChI is InChI=1S/C18H13Cl2NO3S/c19-12-5-6-15(13(20)11-12)23-9-10-24-18(22)8-7-17-21-14-3-1-2-4-16(14)25-17/h1-8,11H,9-10H2/b8-7+. The van der Waals surface area contributed by atoms with Crippen molar-refractivity contribution in [2.75, 3.05) is 13.2 Å². The van der Waals surface area contributed by atoms with Crippen LogP contribution in [0.15, 0.2) is 48.5 Å². The van der Waals surface area contributed by atoms with Gasteiger partial charge in [-0.05, 0) is 36.4 Å². The van der Waals surface area contributed by atoms with E-state index in [1.165, 1.54) is 17.4 Å². The molecule has 25 heavy (non-hydrogen) atoms. The number of carbonyl (C=O) groups excluding carboxylic acids is 1. The third-order valence-corrected chi connectivity index (χ3v) is 4.68. The van der Waals surface area contributed by atoms with E-state index < -0.39 is 5.97 Å². The number of hydrogen-bond donors (Lipinski definition) is 0. The molecule has 0 bridgehead atoms. The third kappa shape index (κ3) is 4.95. The van der Waals surface area contributed by atoms with Gasteiger partial charge in [0.15, 0.2) is 0 Å². The molecule has 3 aromatic rings. The summed E-state index contributed by atoms with van der Waals surface area (Å²) in [6.45, 7) is 0.310. The van der Waals surface area contributed by atoms with Crippen LogP contribution in [0.3, 0.4) is 0 Å². The lowest BCUT2D eigenvalue weighted by molar-refractivity contribution is -0.138. The second-order valence-corrected chi connectivity index (χ2v) is 6.85. The minimum atomic E-state index is -0.454. The number of aromatic nitrogens is 1. The summed E-state index contributed by atoms with van der Waals surface area (Å²) in [7, 11) is 0. The van der Waals surface area contributed by atoms with E-state index in [-0.39, 0.29) is 13.2 Å². The minimum Gasteiger partial charge on any atom is -0.488 e. The monoisotopic (exact) mass is 393 g/mol. The summed E-state index contributed by atoms with van der Waals surface area (Å²) in [6.07, 6.45) is 3.00. The van der Waals surface area contributed by atoms with Gasteiger partial charge in [0.2, 0.25) is 0 Å². The fraction of sp³-hybridized carbons (Fsp3) is 0.111. The zero-order valence-electron chi connectivity index (χ0n) is 12.9. The molecule has 0 aliphatic heterocycles. The van der Waals surface area contributed by atoms with Crippen molar-refractivity contribution in [1.82, 2.24) is 4.98 Å². The van der Waals surface area contributed by atoms with E-state index in [4.69, 9.17) is 32.7 Å². The van der Waals surface area contributed by atoms with Crippen molar-refractivity contribution in [3.8, 4) is 5.75 Å². The number of rotatable bonds is 6. The van der Waals surface area contributed by atoms with Gasteiger partial charge >= 0.3 is 5.97 Å². The topological polar surface area (TPSA) is 48.4 Å². The van der Waals surface area contributed by atoms with Crippen molar-refractivity contribution in [2.45, 2.75) is 0 Å². The molecule has 0 spiro atoms. The Hall–Kier alpha value is -2.08. The van der Waals surface area contributed by atoms with Crippen molar-refractivity contribution >= 4 is 56.8 Å². The quantitative estimate of drug-likeness (QED) is 0.326. The fourth-order valence-electron chi connectivity index (χ4n) is 2.03. The second kappa shape index (κ2) is 8.34. The molecular formula is C18H13Cl2NO3S. The fourth-order valence-corrected chi connectivity index (χ4v) is 3.37. The van der Waals surface area contributed by atoms with Crippen LogP contribution in [0.1, 0.15) is 5.01 Å². The van der Waals surface area contributed by atoms with Gasteiger partial charge in [0.25, 0.3) is 0 Å². The van der Waals surface area contributed by atoms with Crippen LogP contribution in [0.25, 0.3) is 16.3 Å². The minimum absolute atomic E-state index is 0.113. The SMILES string of the molecule is O=C(/C=C/c1nc2ccccc2s1)OCCOc1ccc(Cl)cc1Cl. The first-order valence-corrected chi connectivity index (χ1v) is 8.97. The van der Waals surface area contributed by atoms with Crippen LogP contribution >= 0.6 is 34.5 Å². The van der Waals surface area contributed by atoms with Crippen molar-refractivity contribution in [2.24, 2.45) is 0 Å². The number of hydrogen-bond acceptors (Lipinski definition) is 5. The Bertz CT molecular complexity index is 891. The normalized spacial score (nSPS) is 11.1. The highest BCUT2D eigenvalue weighted by Crippen LogP contribution is 2.27. The van der Waals surface area contributed by atoms with Crippen LogP contribution in [0, 0.1) is 0 Å². The van der Waals surface area contributed by atoms with Crippen LogP contribution < -0.4 is 4.74 Å². The number of halogens is 2. The zero-order chi connectivity index (χ0) is 17.6.